The molecule has 0 spiro atoms. The third-order valence-electron chi connectivity index (χ3n) is 2.83. The van der Waals surface area contributed by atoms with Crippen molar-refractivity contribution in [1.82, 2.24) is 5.32 Å². The number of carboxylic acid groups (broad SMARTS) is 1. The zero-order chi connectivity index (χ0) is 12.6. The maximum absolute atomic E-state index is 11.0. The highest BCUT2D eigenvalue weighted by Gasteiger charge is 2.29. The van der Waals surface area contributed by atoms with E-state index in [2.05, 4.69) is 19.2 Å². The van der Waals surface area contributed by atoms with E-state index in [4.69, 9.17) is 5.11 Å². The van der Waals surface area contributed by atoms with Gasteiger partial charge in [-0.15, -0.1) is 0 Å². The molecule has 3 nitrogen and oxygen atoms in total. The van der Waals surface area contributed by atoms with E-state index in [-0.39, 0.29) is 0 Å². The lowest BCUT2D eigenvalue weighted by Gasteiger charge is -2.23. The van der Waals surface area contributed by atoms with Gasteiger partial charge in [0, 0.05) is 0 Å². The van der Waals surface area contributed by atoms with Crippen molar-refractivity contribution in [3.63, 3.8) is 0 Å². The normalized spacial score (nSPS) is 15.1. The summed E-state index contributed by atoms with van der Waals surface area (Å²) in [5.41, 5.74) is -0.765. The molecule has 0 bridgehead atoms. The third-order valence-corrected chi connectivity index (χ3v) is 3.93. The molecule has 2 N–H and O–H groups in total. The van der Waals surface area contributed by atoms with Gasteiger partial charge in [-0.05, 0) is 50.7 Å². The minimum atomic E-state index is -0.765. The fraction of sp³-hybridized carbons (Fsp3) is 0.917. The predicted octanol–water partition coefficient (Wildman–Crippen LogP) is 2.61. The standard InChI is InChI=1S/C12H25NO2S/c1-10(2)6-9-16-8-5-7-12(3,13-4)11(14)15/h10,13H,5-9H2,1-4H3,(H,14,15). The van der Waals surface area contributed by atoms with Crippen molar-refractivity contribution in [3.05, 3.63) is 0 Å². The lowest BCUT2D eigenvalue weighted by atomic mass is 9.97. The van der Waals surface area contributed by atoms with E-state index >= 15 is 0 Å². The van der Waals surface area contributed by atoms with Gasteiger partial charge in [0.25, 0.3) is 0 Å². The topological polar surface area (TPSA) is 49.3 Å². The molecule has 0 fully saturated rings. The lowest BCUT2D eigenvalue weighted by molar-refractivity contribution is -0.144. The Kier molecular flexibility index (Phi) is 7.85. The van der Waals surface area contributed by atoms with Gasteiger partial charge in [0.05, 0.1) is 0 Å². The Hall–Kier alpha value is -0.220. The summed E-state index contributed by atoms with van der Waals surface area (Å²) in [5, 5.41) is 11.9. The molecular formula is C12H25NO2S. The van der Waals surface area contributed by atoms with E-state index in [1.165, 1.54) is 12.2 Å². The van der Waals surface area contributed by atoms with Gasteiger partial charge in [0.1, 0.15) is 5.54 Å². The summed E-state index contributed by atoms with van der Waals surface area (Å²) in [6.07, 6.45) is 2.88. The molecule has 0 aliphatic heterocycles. The molecule has 0 aromatic rings. The summed E-state index contributed by atoms with van der Waals surface area (Å²) in [5.74, 6) is 2.23. The van der Waals surface area contributed by atoms with Crippen LogP contribution in [-0.2, 0) is 4.79 Å². The summed E-state index contributed by atoms with van der Waals surface area (Å²) < 4.78 is 0. The zero-order valence-corrected chi connectivity index (χ0v) is 11.7. The van der Waals surface area contributed by atoms with Gasteiger partial charge in [0.15, 0.2) is 0 Å². The molecule has 0 amide bonds. The minimum Gasteiger partial charge on any atom is -0.480 e. The van der Waals surface area contributed by atoms with Gasteiger partial charge in [-0.3, -0.25) is 4.79 Å². The van der Waals surface area contributed by atoms with Crippen LogP contribution in [0.5, 0.6) is 0 Å². The largest absolute Gasteiger partial charge is 0.480 e. The number of rotatable bonds is 9. The summed E-state index contributed by atoms with van der Waals surface area (Å²) in [6, 6.07) is 0. The maximum atomic E-state index is 11.0. The summed E-state index contributed by atoms with van der Waals surface area (Å²) in [6.45, 7) is 6.19. The Bertz CT molecular complexity index is 209. The Morgan fingerprint density at radius 3 is 2.50 bits per heavy atom. The van der Waals surface area contributed by atoms with Crippen molar-refractivity contribution in [1.29, 1.82) is 0 Å². The smallest absolute Gasteiger partial charge is 0.323 e. The summed E-state index contributed by atoms with van der Waals surface area (Å²) in [4.78, 5) is 11.0. The number of hydrogen-bond donors (Lipinski definition) is 2. The Morgan fingerprint density at radius 2 is 2.06 bits per heavy atom. The van der Waals surface area contributed by atoms with Gasteiger partial charge in [-0.2, -0.15) is 11.8 Å². The highest BCUT2D eigenvalue weighted by Crippen LogP contribution is 2.16. The van der Waals surface area contributed by atoms with E-state index in [9.17, 15) is 4.79 Å². The molecule has 0 saturated carbocycles. The second-order valence-electron chi connectivity index (χ2n) is 4.79. The predicted molar refractivity (Wildman–Crippen MR) is 71.1 cm³/mol. The first-order valence-electron chi connectivity index (χ1n) is 5.92. The van der Waals surface area contributed by atoms with Gasteiger partial charge in [-0.25, -0.2) is 0 Å². The van der Waals surface area contributed by atoms with Crippen LogP contribution in [0, 0.1) is 5.92 Å². The van der Waals surface area contributed by atoms with Crippen molar-refractivity contribution < 1.29 is 9.90 Å². The van der Waals surface area contributed by atoms with Gasteiger partial charge in [0.2, 0.25) is 0 Å². The van der Waals surface area contributed by atoms with Crippen LogP contribution < -0.4 is 5.32 Å². The average Bonchev–Trinajstić information content (AvgIpc) is 2.22. The van der Waals surface area contributed by atoms with Crippen LogP contribution in [-0.4, -0.2) is 35.2 Å². The van der Waals surface area contributed by atoms with E-state index in [1.807, 2.05) is 11.8 Å². The van der Waals surface area contributed by atoms with E-state index in [1.54, 1.807) is 14.0 Å². The molecule has 0 aromatic carbocycles. The van der Waals surface area contributed by atoms with E-state index in [0.717, 1.165) is 18.1 Å². The van der Waals surface area contributed by atoms with Crippen molar-refractivity contribution in [2.24, 2.45) is 5.92 Å². The van der Waals surface area contributed by atoms with Crippen molar-refractivity contribution in [2.75, 3.05) is 18.6 Å². The molecule has 0 heterocycles. The fourth-order valence-electron chi connectivity index (χ4n) is 1.29. The highest BCUT2D eigenvalue weighted by molar-refractivity contribution is 7.99. The van der Waals surface area contributed by atoms with Gasteiger partial charge < -0.3 is 10.4 Å². The van der Waals surface area contributed by atoms with Crippen LogP contribution >= 0.6 is 11.8 Å². The molecule has 0 rings (SSSR count). The second kappa shape index (κ2) is 7.96. The number of hydrogen-bond acceptors (Lipinski definition) is 3. The van der Waals surface area contributed by atoms with Crippen molar-refractivity contribution >= 4 is 17.7 Å². The van der Waals surface area contributed by atoms with Crippen molar-refractivity contribution in [2.45, 2.75) is 45.6 Å². The number of likely N-dealkylation sites (N-methyl/N-ethyl adjacent to an activating group) is 1. The molecule has 0 aliphatic carbocycles. The van der Waals surface area contributed by atoms with Crippen LogP contribution in [0.15, 0.2) is 0 Å². The first kappa shape index (κ1) is 15.8. The van der Waals surface area contributed by atoms with Gasteiger partial charge >= 0.3 is 5.97 Å². The first-order chi connectivity index (χ1) is 7.42. The molecular weight excluding hydrogens is 222 g/mol. The van der Waals surface area contributed by atoms with E-state index < -0.39 is 11.5 Å². The number of carbonyl (C=O) groups is 1. The molecule has 0 aliphatic rings. The number of carboxylic acids is 1. The summed E-state index contributed by atoms with van der Waals surface area (Å²) in [7, 11) is 1.71. The molecule has 1 atom stereocenters. The van der Waals surface area contributed by atoms with Crippen LogP contribution in [0.25, 0.3) is 0 Å². The molecule has 4 heteroatoms. The summed E-state index contributed by atoms with van der Waals surface area (Å²) >= 11 is 1.92. The molecule has 16 heavy (non-hydrogen) atoms. The SMILES string of the molecule is CNC(C)(CCCSCCC(C)C)C(=O)O. The third kappa shape index (κ3) is 6.38. The number of aliphatic carboxylic acids is 1. The number of nitrogens with one attached hydrogen (secondary N) is 1. The zero-order valence-electron chi connectivity index (χ0n) is 10.9. The van der Waals surface area contributed by atoms with Crippen LogP contribution in [0.4, 0.5) is 0 Å². The minimum absolute atomic E-state index is 0.688. The molecule has 0 aromatic heterocycles. The first-order valence-corrected chi connectivity index (χ1v) is 7.08. The number of thioether (sulfide) groups is 1. The quantitative estimate of drug-likeness (QED) is 0.615. The van der Waals surface area contributed by atoms with Crippen LogP contribution in [0.2, 0.25) is 0 Å². The Morgan fingerprint density at radius 1 is 1.44 bits per heavy atom. The lowest BCUT2D eigenvalue weighted by Crippen LogP contribution is -2.47. The monoisotopic (exact) mass is 247 g/mol. The van der Waals surface area contributed by atoms with E-state index in [0.29, 0.717) is 6.42 Å². The molecule has 0 radical (unpaired) electrons. The second-order valence-corrected chi connectivity index (χ2v) is 6.01. The van der Waals surface area contributed by atoms with Crippen LogP contribution in [0.1, 0.15) is 40.0 Å². The Labute approximate surface area is 103 Å². The molecule has 1 unspecified atom stereocenters. The average molecular weight is 247 g/mol. The fourth-order valence-corrected chi connectivity index (χ4v) is 2.48. The van der Waals surface area contributed by atoms with Crippen molar-refractivity contribution in [3.8, 4) is 0 Å². The maximum Gasteiger partial charge on any atom is 0.323 e. The van der Waals surface area contributed by atoms with Crippen LogP contribution in [0.3, 0.4) is 0 Å². The Balaban J connectivity index is 3.61. The highest BCUT2D eigenvalue weighted by atomic mass is 32.2. The van der Waals surface area contributed by atoms with Gasteiger partial charge in [-0.1, -0.05) is 13.8 Å². The molecule has 0 saturated heterocycles. The molecule has 96 valence electrons.